The van der Waals surface area contributed by atoms with Gasteiger partial charge in [0.05, 0.1) is 12.6 Å². The highest BCUT2D eigenvalue weighted by atomic mass is 79.9. The van der Waals surface area contributed by atoms with Gasteiger partial charge in [0.2, 0.25) is 5.95 Å². The summed E-state index contributed by atoms with van der Waals surface area (Å²) >= 11 is 3.24. The van der Waals surface area contributed by atoms with E-state index in [4.69, 9.17) is 10.5 Å². The summed E-state index contributed by atoms with van der Waals surface area (Å²) in [4.78, 5) is 3.91. The van der Waals surface area contributed by atoms with Crippen molar-refractivity contribution in [3.63, 3.8) is 0 Å². The first-order chi connectivity index (χ1) is 5.65. The molecule has 5 nitrogen and oxygen atoms in total. The van der Waals surface area contributed by atoms with Crippen LogP contribution in [-0.2, 0) is 4.74 Å². The van der Waals surface area contributed by atoms with E-state index >= 15 is 0 Å². The van der Waals surface area contributed by atoms with Crippen molar-refractivity contribution in [1.82, 2.24) is 14.8 Å². The number of nitrogen functional groups attached to an aromatic ring is 1. The maximum absolute atomic E-state index is 5.40. The Labute approximate surface area is 79.0 Å². The number of nitrogens with zero attached hydrogens (tertiary/aromatic N) is 3. The molecule has 0 aromatic carbocycles. The normalized spacial score (nSPS) is 13.2. The molecule has 0 bridgehead atoms. The van der Waals surface area contributed by atoms with E-state index in [0.29, 0.717) is 11.3 Å². The molecule has 1 heterocycles. The predicted molar refractivity (Wildman–Crippen MR) is 48.7 cm³/mol. The van der Waals surface area contributed by atoms with Crippen molar-refractivity contribution in [3.8, 4) is 0 Å². The molecule has 0 aliphatic carbocycles. The minimum Gasteiger partial charge on any atom is -0.382 e. The van der Waals surface area contributed by atoms with Crippen LogP contribution in [0.2, 0.25) is 0 Å². The van der Waals surface area contributed by atoms with Gasteiger partial charge >= 0.3 is 0 Å². The van der Waals surface area contributed by atoms with Crippen molar-refractivity contribution in [2.24, 2.45) is 0 Å². The lowest BCUT2D eigenvalue weighted by atomic mass is 10.4. The fourth-order valence-electron chi connectivity index (χ4n) is 0.912. The van der Waals surface area contributed by atoms with Gasteiger partial charge in [-0.2, -0.15) is 4.98 Å². The zero-order valence-corrected chi connectivity index (χ0v) is 8.58. The molecule has 1 atom stereocenters. The highest BCUT2D eigenvalue weighted by Gasteiger charge is 2.10. The fourth-order valence-corrected chi connectivity index (χ4v) is 1.52. The third-order valence-corrected chi connectivity index (χ3v) is 1.97. The smallest absolute Gasteiger partial charge is 0.240 e. The third kappa shape index (κ3) is 1.95. The lowest BCUT2D eigenvalue weighted by molar-refractivity contribution is 0.156. The third-order valence-electron chi connectivity index (χ3n) is 1.43. The van der Waals surface area contributed by atoms with Crippen LogP contribution in [0.4, 0.5) is 5.95 Å². The van der Waals surface area contributed by atoms with Gasteiger partial charge in [0.1, 0.15) is 0 Å². The van der Waals surface area contributed by atoms with Crippen LogP contribution < -0.4 is 5.73 Å². The van der Waals surface area contributed by atoms with Gasteiger partial charge in [-0.15, -0.1) is 5.10 Å². The van der Waals surface area contributed by atoms with Gasteiger partial charge in [-0.25, -0.2) is 4.68 Å². The van der Waals surface area contributed by atoms with Crippen molar-refractivity contribution in [2.75, 3.05) is 19.5 Å². The minimum atomic E-state index is 0.133. The number of methoxy groups -OCH3 is 1. The lowest BCUT2D eigenvalue weighted by Crippen LogP contribution is -2.13. The predicted octanol–water partition coefficient (Wildman–Crippen LogP) is 0.830. The molecule has 0 aliphatic heterocycles. The highest BCUT2D eigenvalue weighted by molar-refractivity contribution is 9.10. The number of anilines is 1. The summed E-state index contributed by atoms with van der Waals surface area (Å²) in [5.74, 6) is 0.268. The average Bonchev–Trinajstić information content (AvgIpc) is 2.30. The molecular formula is C6H11BrN4O. The van der Waals surface area contributed by atoms with Gasteiger partial charge < -0.3 is 10.5 Å². The average molecular weight is 235 g/mol. The first-order valence-electron chi connectivity index (χ1n) is 3.51. The molecule has 1 rings (SSSR count). The molecule has 6 heteroatoms. The maximum atomic E-state index is 5.40. The van der Waals surface area contributed by atoms with Crippen LogP contribution in [0.5, 0.6) is 0 Å². The maximum Gasteiger partial charge on any atom is 0.240 e. The van der Waals surface area contributed by atoms with E-state index in [0.717, 1.165) is 0 Å². The van der Waals surface area contributed by atoms with Crippen LogP contribution in [0.3, 0.4) is 0 Å². The Bertz CT molecular complexity index is 262. The second kappa shape index (κ2) is 3.86. The van der Waals surface area contributed by atoms with Crippen LogP contribution in [0.15, 0.2) is 4.73 Å². The van der Waals surface area contributed by atoms with E-state index < -0.39 is 0 Å². The van der Waals surface area contributed by atoms with Gasteiger partial charge in [-0.05, 0) is 22.9 Å². The van der Waals surface area contributed by atoms with Crippen LogP contribution >= 0.6 is 15.9 Å². The van der Waals surface area contributed by atoms with Crippen molar-refractivity contribution in [2.45, 2.75) is 13.0 Å². The van der Waals surface area contributed by atoms with Crippen molar-refractivity contribution in [3.05, 3.63) is 4.73 Å². The number of aromatic nitrogens is 3. The molecule has 1 aromatic heterocycles. The van der Waals surface area contributed by atoms with E-state index in [2.05, 4.69) is 26.0 Å². The molecule has 0 saturated carbocycles. The highest BCUT2D eigenvalue weighted by Crippen LogP contribution is 2.14. The van der Waals surface area contributed by atoms with Crippen LogP contribution in [-0.4, -0.2) is 28.5 Å². The summed E-state index contributed by atoms with van der Waals surface area (Å²) < 4.78 is 7.28. The zero-order valence-electron chi connectivity index (χ0n) is 6.99. The Morgan fingerprint density at radius 3 is 2.83 bits per heavy atom. The molecule has 12 heavy (non-hydrogen) atoms. The van der Waals surface area contributed by atoms with Crippen molar-refractivity contribution < 1.29 is 4.74 Å². The Kier molecular flexibility index (Phi) is 3.05. The quantitative estimate of drug-likeness (QED) is 0.842. The Balaban J connectivity index is 2.79. The standard InChI is InChI=1S/C6H11BrN4O/c1-4(3-12-2)11-5(7)9-6(8)10-11/h4H,3H2,1-2H3,(H2,8,10). The van der Waals surface area contributed by atoms with Crippen LogP contribution in [0, 0.1) is 0 Å². The number of halogens is 1. The van der Waals surface area contributed by atoms with Crippen molar-refractivity contribution in [1.29, 1.82) is 0 Å². The summed E-state index contributed by atoms with van der Waals surface area (Å²) in [6.07, 6.45) is 0. The second-order valence-electron chi connectivity index (χ2n) is 2.49. The van der Waals surface area contributed by atoms with E-state index in [-0.39, 0.29) is 12.0 Å². The van der Waals surface area contributed by atoms with Crippen LogP contribution in [0.25, 0.3) is 0 Å². The van der Waals surface area contributed by atoms with Gasteiger partial charge in [-0.3, -0.25) is 0 Å². The summed E-state index contributed by atoms with van der Waals surface area (Å²) in [6, 6.07) is 0.133. The largest absolute Gasteiger partial charge is 0.382 e. The molecule has 2 N–H and O–H groups in total. The van der Waals surface area contributed by atoms with Crippen molar-refractivity contribution >= 4 is 21.9 Å². The summed E-state index contributed by atoms with van der Waals surface area (Å²) in [7, 11) is 1.64. The molecule has 0 amide bonds. The SMILES string of the molecule is COCC(C)n1nc(N)nc1Br. The lowest BCUT2D eigenvalue weighted by Gasteiger charge is -2.10. The Morgan fingerprint density at radius 2 is 2.42 bits per heavy atom. The topological polar surface area (TPSA) is 66.0 Å². The minimum absolute atomic E-state index is 0.133. The zero-order chi connectivity index (χ0) is 9.14. The first-order valence-corrected chi connectivity index (χ1v) is 4.31. The number of nitrogens with two attached hydrogens (primary N) is 1. The summed E-state index contributed by atoms with van der Waals surface area (Å²) in [5.41, 5.74) is 5.40. The first kappa shape index (κ1) is 9.47. The van der Waals surface area contributed by atoms with Crippen LogP contribution in [0.1, 0.15) is 13.0 Å². The molecular weight excluding hydrogens is 224 g/mol. The van der Waals surface area contributed by atoms with Gasteiger partial charge in [-0.1, -0.05) is 0 Å². The Morgan fingerprint density at radius 1 is 1.75 bits per heavy atom. The second-order valence-corrected chi connectivity index (χ2v) is 3.20. The molecule has 0 saturated heterocycles. The van der Waals surface area contributed by atoms with Gasteiger partial charge in [0.25, 0.3) is 0 Å². The number of ether oxygens (including phenoxy) is 1. The fraction of sp³-hybridized carbons (Fsp3) is 0.667. The summed E-state index contributed by atoms with van der Waals surface area (Å²) in [5, 5.41) is 3.99. The number of hydrogen-bond donors (Lipinski definition) is 1. The van der Waals surface area contributed by atoms with E-state index in [1.165, 1.54) is 0 Å². The molecule has 0 aliphatic rings. The molecule has 1 aromatic rings. The molecule has 68 valence electrons. The van der Waals surface area contributed by atoms with Gasteiger partial charge in [0.15, 0.2) is 4.73 Å². The van der Waals surface area contributed by atoms with E-state index in [9.17, 15) is 0 Å². The summed E-state index contributed by atoms with van der Waals surface area (Å²) in [6.45, 7) is 2.56. The Hall–Kier alpha value is -0.620. The molecule has 0 fully saturated rings. The molecule has 1 unspecified atom stereocenters. The van der Waals surface area contributed by atoms with E-state index in [1.807, 2.05) is 6.92 Å². The number of rotatable bonds is 3. The molecule has 0 radical (unpaired) electrons. The monoisotopic (exact) mass is 234 g/mol. The number of hydrogen-bond acceptors (Lipinski definition) is 4. The van der Waals surface area contributed by atoms with Gasteiger partial charge in [0, 0.05) is 7.11 Å². The van der Waals surface area contributed by atoms with E-state index in [1.54, 1.807) is 11.8 Å². The molecule has 0 spiro atoms.